The molecule has 0 atom stereocenters. The number of Topliss-reactive ketones (excluding diaryl/α,β-unsaturated/α-hetero) is 1. The summed E-state index contributed by atoms with van der Waals surface area (Å²) in [5.41, 5.74) is 0.997. The molecule has 1 heterocycles. The van der Waals surface area contributed by atoms with Crippen LogP contribution in [0.5, 0.6) is 5.75 Å². The fraction of sp³-hybridized carbons (Fsp3) is 0.273. The molecule has 78 valence electrons. The van der Waals surface area contributed by atoms with Crippen LogP contribution in [0, 0.1) is 0 Å². The van der Waals surface area contributed by atoms with E-state index in [4.69, 9.17) is 4.74 Å². The fourth-order valence-corrected chi connectivity index (χ4v) is 1.48. The van der Waals surface area contributed by atoms with Crippen molar-refractivity contribution in [3.63, 3.8) is 0 Å². The molecule has 0 saturated carbocycles. The molecule has 0 bridgehead atoms. The molecule has 1 saturated heterocycles. The van der Waals surface area contributed by atoms with E-state index in [1.54, 1.807) is 7.11 Å². The van der Waals surface area contributed by atoms with Crippen LogP contribution in [0.2, 0.25) is 0 Å². The molecule has 4 nitrogen and oxygen atoms in total. The maximum absolute atomic E-state index is 11.0. The molecular formula is C11H11NO3. The van der Waals surface area contributed by atoms with Gasteiger partial charge in [0, 0.05) is 6.54 Å². The standard InChI is InChI=1S/C11H11NO3/c1-15-9-4-2-8(3-5-9)6-12-7-10(13)11(12)14/h2-5H,6-7H2,1H3. The van der Waals surface area contributed by atoms with Crippen molar-refractivity contribution in [1.29, 1.82) is 0 Å². The summed E-state index contributed by atoms with van der Waals surface area (Å²) in [5, 5.41) is 0. The van der Waals surface area contributed by atoms with Crippen LogP contribution in [0.4, 0.5) is 0 Å². The van der Waals surface area contributed by atoms with Crippen LogP contribution >= 0.6 is 0 Å². The highest BCUT2D eigenvalue weighted by atomic mass is 16.5. The molecular weight excluding hydrogens is 194 g/mol. The van der Waals surface area contributed by atoms with Crippen LogP contribution in [-0.2, 0) is 16.1 Å². The number of methoxy groups -OCH3 is 1. The number of hydrogen-bond donors (Lipinski definition) is 0. The lowest BCUT2D eigenvalue weighted by Gasteiger charge is -2.28. The van der Waals surface area contributed by atoms with E-state index in [0.29, 0.717) is 6.54 Å². The average Bonchev–Trinajstić information content (AvgIpc) is 2.29. The summed E-state index contributed by atoms with van der Waals surface area (Å²) in [4.78, 5) is 23.3. The van der Waals surface area contributed by atoms with Crippen molar-refractivity contribution in [3.8, 4) is 5.75 Å². The highest BCUT2D eigenvalue weighted by Crippen LogP contribution is 2.15. The van der Waals surface area contributed by atoms with E-state index in [1.807, 2.05) is 24.3 Å². The zero-order chi connectivity index (χ0) is 10.8. The van der Waals surface area contributed by atoms with Gasteiger partial charge in [0.2, 0.25) is 5.78 Å². The lowest BCUT2D eigenvalue weighted by molar-refractivity contribution is -0.155. The van der Waals surface area contributed by atoms with Crippen LogP contribution in [-0.4, -0.2) is 30.2 Å². The third kappa shape index (κ3) is 1.83. The predicted molar refractivity (Wildman–Crippen MR) is 53.4 cm³/mol. The number of ketones is 1. The molecule has 0 aromatic heterocycles. The Morgan fingerprint density at radius 1 is 1.27 bits per heavy atom. The second kappa shape index (κ2) is 3.73. The molecule has 2 rings (SSSR count). The number of benzene rings is 1. The van der Waals surface area contributed by atoms with Crippen molar-refractivity contribution in [2.45, 2.75) is 6.54 Å². The molecule has 1 amide bonds. The molecule has 1 aromatic carbocycles. The number of carbonyl (C=O) groups excluding carboxylic acids is 2. The van der Waals surface area contributed by atoms with Gasteiger partial charge in [-0.05, 0) is 17.7 Å². The second-order valence-electron chi connectivity index (χ2n) is 3.43. The maximum Gasteiger partial charge on any atom is 0.292 e. The smallest absolute Gasteiger partial charge is 0.292 e. The number of carbonyl (C=O) groups is 2. The van der Waals surface area contributed by atoms with Crippen molar-refractivity contribution >= 4 is 11.7 Å². The highest BCUT2D eigenvalue weighted by Gasteiger charge is 2.33. The molecule has 0 unspecified atom stereocenters. The SMILES string of the molecule is COc1ccc(CN2CC(=O)C2=O)cc1. The van der Waals surface area contributed by atoms with Crippen LogP contribution in [0.1, 0.15) is 5.56 Å². The highest BCUT2D eigenvalue weighted by molar-refractivity contribution is 6.42. The lowest BCUT2D eigenvalue weighted by Crippen LogP contribution is -2.52. The topological polar surface area (TPSA) is 46.6 Å². The quantitative estimate of drug-likeness (QED) is 0.536. The molecule has 1 aromatic rings. The van der Waals surface area contributed by atoms with E-state index in [-0.39, 0.29) is 18.2 Å². The summed E-state index contributed by atoms with van der Waals surface area (Å²) >= 11 is 0. The summed E-state index contributed by atoms with van der Waals surface area (Å²) in [6.07, 6.45) is 0. The number of amides is 1. The average molecular weight is 205 g/mol. The third-order valence-electron chi connectivity index (χ3n) is 2.39. The number of ether oxygens (including phenoxy) is 1. The number of β-lactam (4-membered cyclic amide) rings is 1. The van der Waals surface area contributed by atoms with Gasteiger partial charge in [-0.25, -0.2) is 0 Å². The van der Waals surface area contributed by atoms with Gasteiger partial charge >= 0.3 is 0 Å². The Hall–Kier alpha value is -1.84. The molecule has 0 radical (unpaired) electrons. The van der Waals surface area contributed by atoms with Gasteiger partial charge in [-0.3, -0.25) is 9.59 Å². The van der Waals surface area contributed by atoms with E-state index >= 15 is 0 Å². The van der Waals surface area contributed by atoms with Crippen molar-refractivity contribution in [1.82, 2.24) is 4.90 Å². The summed E-state index contributed by atoms with van der Waals surface area (Å²) in [7, 11) is 1.60. The molecule has 1 aliphatic heterocycles. The zero-order valence-electron chi connectivity index (χ0n) is 8.40. The molecule has 0 spiro atoms. The predicted octanol–water partition coefficient (Wildman–Crippen LogP) is 0.607. The summed E-state index contributed by atoms with van der Waals surface area (Å²) in [6.45, 7) is 0.736. The van der Waals surface area contributed by atoms with Crippen LogP contribution in [0.25, 0.3) is 0 Å². The van der Waals surface area contributed by atoms with E-state index in [2.05, 4.69) is 0 Å². The minimum absolute atomic E-state index is 0.241. The van der Waals surface area contributed by atoms with Gasteiger partial charge in [0.1, 0.15) is 5.75 Å². The largest absolute Gasteiger partial charge is 0.497 e. The molecule has 15 heavy (non-hydrogen) atoms. The Balaban J connectivity index is 2.00. The zero-order valence-corrected chi connectivity index (χ0v) is 8.40. The third-order valence-corrected chi connectivity index (χ3v) is 2.39. The van der Waals surface area contributed by atoms with Gasteiger partial charge < -0.3 is 9.64 Å². The van der Waals surface area contributed by atoms with Gasteiger partial charge in [0.05, 0.1) is 13.7 Å². The number of rotatable bonds is 3. The van der Waals surface area contributed by atoms with Crippen LogP contribution in [0.15, 0.2) is 24.3 Å². The summed E-state index contributed by atoms with van der Waals surface area (Å²) in [5.74, 6) is 0.0964. The van der Waals surface area contributed by atoms with Crippen LogP contribution in [0.3, 0.4) is 0 Å². The monoisotopic (exact) mass is 205 g/mol. The van der Waals surface area contributed by atoms with Crippen molar-refractivity contribution < 1.29 is 14.3 Å². The molecule has 4 heteroatoms. The molecule has 1 fully saturated rings. The Kier molecular flexibility index (Phi) is 2.41. The van der Waals surface area contributed by atoms with Crippen molar-refractivity contribution in [2.24, 2.45) is 0 Å². The Bertz CT molecular complexity index is 397. The van der Waals surface area contributed by atoms with Crippen LogP contribution < -0.4 is 4.74 Å². The maximum atomic E-state index is 11.0. The van der Waals surface area contributed by atoms with E-state index in [9.17, 15) is 9.59 Å². The molecule has 0 aliphatic carbocycles. The minimum atomic E-state index is -0.384. The van der Waals surface area contributed by atoms with Gasteiger partial charge in [0.25, 0.3) is 5.91 Å². The second-order valence-corrected chi connectivity index (χ2v) is 3.43. The Labute approximate surface area is 87.4 Å². The lowest BCUT2D eigenvalue weighted by atomic mass is 10.1. The van der Waals surface area contributed by atoms with E-state index in [0.717, 1.165) is 11.3 Å². The molecule has 0 N–H and O–H groups in total. The number of likely N-dealkylation sites (tertiary alicyclic amines) is 1. The summed E-state index contributed by atoms with van der Waals surface area (Å²) < 4.78 is 5.02. The number of hydrogen-bond acceptors (Lipinski definition) is 3. The normalized spacial score (nSPS) is 15.1. The van der Waals surface area contributed by atoms with Crippen molar-refractivity contribution in [3.05, 3.63) is 29.8 Å². The Morgan fingerprint density at radius 2 is 1.93 bits per heavy atom. The number of nitrogens with zero attached hydrogens (tertiary/aromatic N) is 1. The van der Waals surface area contributed by atoms with Gasteiger partial charge in [0.15, 0.2) is 0 Å². The first-order valence-corrected chi connectivity index (χ1v) is 4.66. The summed E-state index contributed by atoms with van der Waals surface area (Å²) in [6, 6.07) is 7.44. The van der Waals surface area contributed by atoms with Gasteiger partial charge in [-0.15, -0.1) is 0 Å². The van der Waals surface area contributed by atoms with Gasteiger partial charge in [-0.2, -0.15) is 0 Å². The van der Waals surface area contributed by atoms with E-state index < -0.39 is 0 Å². The fourth-order valence-electron chi connectivity index (χ4n) is 1.48. The first-order valence-electron chi connectivity index (χ1n) is 4.66. The first kappa shape index (κ1) is 9.71. The minimum Gasteiger partial charge on any atom is -0.497 e. The Morgan fingerprint density at radius 3 is 2.40 bits per heavy atom. The first-order chi connectivity index (χ1) is 7.20. The van der Waals surface area contributed by atoms with Crippen molar-refractivity contribution in [2.75, 3.05) is 13.7 Å². The molecule has 1 aliphatic rings. The van der Waals surface area contributed by atoms with Gasteiger partial charge in [-0.1, -0.05) is 12.1 Å². The van der Waals surface area contributed by atoms with E-state index in [1.165, 1.54) is 4.90 Å².